The summed E-state index contributed by atoms with van der Waals surface area (Å²) >= 11 is 1.60. The molecule has 2 aliphatic rings. The zero-order valence-electron chi connectivity index (χ0n) is 12.0. The van der Waals surface area contributed by atoms with Crippen molar-refractivity contribution < 1.29 is 4.79 Å². The Morgan fingerprint density at radius 3 is 2.65 bits per heavy atom. The lowest BCUT2D eigenvalue weighted by Crippen LogP contribution is -2.46. The first-order chi connectivity index (χ1) is 9.63. The SMILES string of the molecule is Cc1ccc(C(=O)N2CCC(N3CCC(N)CC3)C2)s1. The van der Waals surface area contributed by atoms with Gasteiger partial charge >= 0.3 is 0 Å². The van der Waals surface area contributed by atoms with E-state index in [1.54, 1.807) is 11.3 Å². The van der Waals surface area contributed by atoms with E-state index in [4.69, 9.17) is 5.73 Å². The van der Waals surface area contributed by atoms with Crippen LogP contribution in [0.1, 0.15) is 33.8 Å². The Labute approximate surface area is 124 Å². The summed E-state index contributed by atoms with van der Waals surface area (Å²) in [5.74, 6) is 0.208. The van der Waals surface area contributed by atoms with Crippen LogP contribution in [0.2, 0.25) is 0 Å². The first-order valence-electron chi connectivity index (χ1n) is 7.49. The fourth-order valence-corrected chi connectivity index (χ4v) is 4.05. The number of aryl methyl sites for hydroxylation is 1. The maximum atomic E-state index is 12.4. The zero-order chi connectivity index (χ0) is 14.1. The van der Waals surface area contributed by atoms with Crippen molar-refractivity contribution in [2.45, 2.75) is 38.3 Å². The normalized spacial score (nSPS) is 25.3. The Morgan fingerprint density at radius 1 is 1.25 bits per heavy atom. The third-order valence-electron chi connectivity index (χ3n) is 4.49. The molecule has 0 radical (unpaired) electrons. The maximum absolute atomic E-state index is 12.4. The van der Waals surface area contributed by atoms with Crippen LogP contribution < -0.4 is 5.73 Å². The molecule has 0 saturated carbocycles. The molecule has 1 atom stereocenters. The molecule has 2 N–H and O–H groups in total. The molecular formula is C15H23N3OS. The quantitative estimate of drug-likeness (QED) is 0.903. The van der Waals surface area contributed by atoms with Gasteiger partial charge < -0.3 is 10.6 Å². The van der Waals surface area contributed by atoms with Gasteiger partial charge in [0.2, 0.25) is 0 Å². The topological polar surface area (TPSA) is 49.6 Å². The van der Waals surface area contributed by atoms with Crippen molar-refractivity contribution >= 4 is 17.2 Å². The van der Waals surface area contributed by atoms with Crippen LogP contribution in [0.25, 0.3) is 0 Å². The monoisotopic (exact) mass is 293 g/mol. The van der Waals surface area contributed by atoms with E-state index in [-0.39, 0.29) is 5.91 Å². The van der Waals surface area contributed by atoms with Gasteiger partial charge in [-0.3, -0.25) is 9.69 Å². The fourth-order valence-electron chi connectivity index (χ4n) is 3.21. The molecule has 0 spiro atoms. The van der Waals surface area contributed by atoms with Gasteiger partial charge in [0.15, 0.2) is 0 Å². The van der Waals surface area contributed by atoms with Crippen LogP contribution in [0.4, 0.5) is 0 Å². The van der Waals surface area contributed by atoms with Gasteiger partial charge in [0.25, 0.3) is 5.91 Å². The number of carbonyl (C=O) groups excluding carboxylic acids is 1. The standard InChI is InChI=1S/C15H23N3OS/c1-11-2-3-14(20-11)15(19)18-9-6-13(10-18)17-7-4-12(16)5-8-17/h2-3,12-13H,4-10,16H2,1H3. The minimum Gasteiger partial charge on any atom is -0.336 e. The van der Waals surface area contributed by atoms with Crippen molar-refractivity contribution in [3.05, 3.63) is 21.9 Å². The van der Waals surface area contributed by atoms with Gasteiger partial charge in [-0.1, -0.05) is 0 Å². The second kappa shape index (κ2) is 5.84. The molecule has 0 aliphatic carbocycles. The van der Waals surface area contributed by atoms with E-state index in [1.807, 2.05) is 24.0 Å². The van der Waals surface area contributed by atoms with E-state index < -0.39 is 0 Å². The molecule has 5 heteroatoms. The fraction of sp³-hybridized carbons (Fsp3) is 0.667. The van der Waals surface area contributed by atoms with Crippen LogP contribution in [0.3, 0.4) is 0 Å². The molecule has 0 bridgehead atoms. The van der Waals surface area contributed by atoms with Gasteiger partial charge in [-0.25, -0.2) is 0 Å². The van der Waals surface area contributed by atoms with E-state index in [1.165, 1.54) is 4.88 Å². The van der Waals surface area contributed by atoms with Gasteiger partial charge in [-0.2, -0.15) is 0 Å². The Kier molecular flexibility index (Phi) is 4.10. The molecule has 4 nitrogen and oxygen atoms in total. The van der Waals surface area contributed by atoms with Crippen molar-refractivity contribution in [1.29, 1.82) is 0 Å². The molecule has 2 aliphatic heterocycles. The molecule has 1 amide bonds. The summed E-state index contributed by atoms with van der Waals surface area (Å²) in [7, 11) is 0. The lowest BCUT2D eigenvalue weighted by molar-refractivity contribution is 0.0774. The van der Waals surface area contributed by atoms with Crippen LogP contribution >= 0.6 is 11.3 Å². The van der Waals surface area contributed by atoms with Crippen molar-refractivity contribution in [2.24, 2.45) is 5.73 Å². The molecule has 1 aromatic rings. The summed E-state index contributed by atoms with van der Waals surface area (Å²) in [6, 6.07) is 4.89. The van der Waals surface area contributed by atoms with Gasteiger partial charge in [0.05, 0.1) is 4.88 Å². The summed E-state index contributed by atoms with van der Waals surface area (Å²) in [5.41, 5.74) is 5.96. The number of carbonyl (C=O) groups is 1. The van der Waals surface area contributed by atoms with Crippen LogP contribution in [0, 0.1) is 6.92 Å². The average Bonchev–Trinajstić information content (AvgIpc) is 3.08. The number of likely N-dealkylation sites (tertiary alicyclic amines) is 2. The largest absolute Gasteiger partial charge is 0.336 e. The van der Waals surface area contributed by atoms with E-state index in [0.29, 0.717) is 12.1 Å². The summed E-state index contributed by atoms with van der Waals surface area (Å²) in [4.78, 5) is 19.1. The Balaban J connectivity index is 1.58. The van der Waals surface area contributed by atoms with Crippen LogP contribution in [0.5, 0.6) is 0 Å². The average molecular weight is 293 g/mol. The molecule has 20 heavy (non-hydrogen) atoms. The maximum Gasteiger partial charge on any atom is 0.263 e. The number of thiophene rings is 1. The molecule has 2 saturated heterocycles. The van der Waals surface area contributed by atoms with Gasteiger partial charge in [-0.05, 0) is 51.4 Å². The zero-order valence-corrected chi connectivity index (χ0v) is 12.9. The highest BCUT2D eigenvalue weighted by atomic mass is 32.1. The molecule has 0 aromatic carbocycles. The molecule has 3 rings (SSSR count). The first-order valence-corrected chi connectivity index (χ1v) is 8.30. The molecular weight excluding hydrogens is 270 g/mol. The highest BCUT2D eigenvalue weighted by Gasteiger charge is 2.32. The van der Waals surface area contributed by atoms with E-state index in [9.17, 15) is 4.79 Å². The Bertz CT molecular complexity index is 479. The summed E-state index contributed by atoms with van der Waals surface area (Å²) in [6.07, 6.45) is 3.29. The first kappa shape index (κ1) is 14.0. The third kappa shape index (κ3) is 2.90. The van der Waals surface area contributed by atoms with Crippen molar-refractivity contribution in [2.75, 3.05) is 26.2 Å². The third-order valence-corrected chi connectivity index (χ3v) is 5.48. The smallest absolute Gasteiger partial charge is 0.263 e. The van der Waals surface area contributed by atoms with Crippen LogP contribution in [-0.4, -0.2) is 54.0 Å². The number of hydrogen-bond donors (Lipinski definition) is 1. The second-order valence-electron chi connectivity index (χ2n) is 5.98. The molecule has 3 heterocycles. The number of nitrogens with zero attached hydrogens (tertiary/aromatic N) is 2. The minimum absolute atomic E-state index is 0.208. The molecule has 2 fully saturated rings. The van der Waals surface area contributed by atoms with E-state index in [2.05, 4.69) is 4.90 Å². The van der Waals surface area contributed by atoms with Gasteiger partial charge in [0.1, 0.15) is 0 Å². The lowest BCUT2D eigenvalue weighted by atomic mass is 10.0. The van der Waals surface area contributed by atoms with Gasteiger partial charge in [0, 0.05) is 30.1 Å². The number of nitrogens with two attached hydrogens (primary N) is 1. The van der Waals surface area contributed by atoms with Crippen molar-refractivity contribution in [1.82, 2.24) is 9.80 Å². The highest BCUT2D eigenvalue weighted by molar-refractivity contribution is 7.13. The van der Waals surface area contributed by atoms with Crippen molar-refractivity contribution in [3.8, 4) is 0 Å². The highest BCUT2D eigenvalue weighted by Crippen LogP contribution is 2.23. The van der Waals surface area contributed by atoms with Gasteiger partial charge in [-0.15, -0.1) is 11.3 Å². The second-order valence-corrected chi connectivity index (χ2v) is 7.27. The number of piperidine rings is 1. The molecule has 110 valence electrons. The molecule has 1 unspecified atom stereocenters. The van der Waals surface area contributed by atoms with Crippen molar-refractivity contribution in [3.63, 3.8) is 0 Å². The number of rotatable bonds is 2. The number of amides is 1. The lowest BCUT2D eigenvalue weighted by Gasteiger charge is -2.34. The Morgan fingerprint density at radius 2 is 2.00 bits per heavy atom. The van der Waals surface area contributed by atoms with E-state index >= 15 is 0 Å². The summed E-state index contributed by atoms with van der Waals surface area (Å²) < 4.78 is 0. The predicted molar refractivity (Wildman–Crippen MR) is 82.1 cm³/mol. The van der Waals surface area contributed by atoms with Crippen LogP contribution in [0.15, 0.2) is 12.1 Å². The number of hydrogen-bond acceptors (Lipinski definition) is 4. The Hall–Kier alpha value is -0.910. The molecule has 1 aromatic heterocycles. The van der Waals surface area contributed by atoms with E-state index in [0.717, 1.165) is 50.3 Å². The predicted octanol–water partition coefficient (Wildman–Crippen LogP) is 1.69. The van der Waals surface area contributed by atoms with Crippen LogP contribution in [-0.2, 0) is 0 Å². The minimum atomic E-state index is 0.208. The summed E-state index contributed by atoms with van der Waals surface area (Å²) in [5, 5.41) is 0. The summed E-state index contributed by atoms with van der Waals surface area (Å²) in [6.45, 7) is 6.00.